The molecule has 1 aromatic rings. The predicted molar refractivity (Wildman–Crippen MR) is 55.6 cm³/mol. The molecule has 0 radical (unpaired) electrons. The second-order valence-electron chi connectivity index (χ2n) is 3.17. The van der Waals surface area contributed by atoms with Crippen molar-refractivity contribution in [1.29, 1.82) is 0 Å². The number of nitrogens with two attached hydrogens (primary N) is 1. The van der Waals surface area contributed by atoms with E-state index in [2.05, 4.69) is 0 Å². The Bertz CT molecular complexity index is 404. The number of aromatic hydroxyl groups is 1. The lowest BCUT2D eigenvalue weighted by Gasteiger charge is -2.13. The van der Waals surface area contributed by atoms with Crippen molar-refractivity contribution in [2.75, 3.05) is 13.7 Å². The molecule has 88 valence electrons. The fourth-order valence-electron chi connectivity index (χ4n) is 1.32. The standard InChI is InChI=1S/C10H13NO5/c1-16-9-3-7(12)5(8(13)4-11)2-6(9)10(14)15/h2-3,8,12-13H,4,11H2,1H3,(H,14,15). The summed E-state index contributed by atoms with van der Waals surface area (Å²) in [6.07, 6.45) is -1.11. The maximum absolute atomic E-state index is 10.9. The summed E-state index contributed by atoms with van der Waals surface area (Å²) >= 11 is 0. The minimum Gasteiger partial charge on any atom is -0.507 e. The second kappa shape index (κ2) is 4.82. The number of aliphatic hydroxyl groups is 1. The number of phenolic OH excluding ortho intramolecular Hbond substituents is 1. The van der Waals surface area contributed by atoms with Crippen LogP contribution in [0, 0.1) is 0 Å². The van der Waals surface area contributed by atoms with Crippen molar-refractivity contribution in [3.63, 3.8) is 0 Å². The van der Waals surface area contributed by atoms with Crippen molar-refractivity contribution in [1.82, 2.24) is 0 Å². The van der Waals surface area contributed by atoms with E-state index in [0.29, 0.717) is 0 Å². The molecule has 0 saturated heterocycles. The van der Waals surface area contributed by atoms with Gasteiger partial charge in [0.15, 0.2) is 0 Å². The number of hydrogen-bond donors (Lipinski definition) is 4. The van der Waals surface area contributed by atoms with Gasteiger partial charge in [0.05, 0.1) is 13.2 Å². The Morgan fingerprint density at radius 3 is 2.62 bits per heavy atom. The van der Waals surface area contributed by atoms with Gasteiger partial charge in [0, 0.05) is 18.2 Å². The lowest BCUT2D eigenvalue weighted by Crippen LogP contribution is -2.13. The van der Waals surface area contributed by atoms with Gasteiger partial charge in [-0.15, -0.1) is 0 Å². The van der Waals surface area contributed by atoms with Crippen LogP contribution in [0.4, 0.5) is 0 Å². The average molecular weight is 227 g/mol. The molecule has 1 atom stereocenters. The van der Waals surface area contributed by atoms with Crippen molar-refractivity contribution in [3.8, 4) is 11.5 Å². The number of carbonyl (C=O) groups is 1. The first-order chi connectivity index (χ1) is 7.51. The Balaban J connectivity index is 3.33. The highest BCUT2D eigenvalue weighted by molar-refractivity contribution is 5.91. The molecule has 6 nitrogen and oxygen atoms in total. The van der Waals surface area contributed by atoms with Crippen molar-refractivity contribution in [3.05, 3.63) is 23.3 Å². The number of benzene rings is 1. The van der Waals surface area contributed by atoms with Crippen molar-refractivity contribution >= 4 is 5.97 Å². The molecular weight excluding hydrogens is 214 g/mol. The highest BCUT2D eigenvalue weighted by Crippen LogP contribution is 2.31. The zero-order valence-electron chi connectivity index (χ0n) is 8.67. The van der Waals surface area contributed by atoms with E-state index in [0.717, 1.165) is 12.1 Å². The zero-order chi connectivity index (χ0) is 12.3. The number of aliphatic hydroxyl groups excluding tert-OH is 1. The molecule has 1 rings (SSSR count). The van der Waals surface area contributed by atoms with Crippen LogP contribution in [0.2, 0.25) is 0 Å². The molecule has 5 N–H and O–H groups in total. The van der Waals surface area contributed by atoms with Crippen molar-refractivity contribution < 1.29 is 24.9 Å². The van der Waals surface area contributed by atoms with Gasteiger partial charge in [-0.2, -0.15) is 0 Å². The Morgan fingerprint density at radius 1 is 1.56 bits per heavy atom. The maximum atomic E-state index is 10.9. The molecule has 0 aliphatic heterocycles. The summed E-state index contributed by atoms with van der Waals surface area (Å²) in [5.41, 5.74) is 5.16. The summed E-state index contributed by atoms with van der Waals surface area (Å²) in [5, 5.41) is 27.9. The van der Waals surface area contributed by atoms with E-state index in [1.807, 2.05) is 0 Å². The average Bonchev–Trinajstić information content (AvgIpc) is 2.27. The number of hydrogen-bond acceptors (Lipinski definition) is 5. The summed E-state index contributed by atoms with van der Waals surface area (Å²) < 4.78 is 4.80. The van der Waals surface area contributed by atoms with Gasteiger partial charge >= 0.3 is 5.97 Å². The molecule has 0 aliphatic carbocycles. The third kappa shape index (κ3) is 2.23. The predicted octanol–water partition coefficient (Wildman–Crippen LogP) is 0.0911. The first-order valence-corrected chi connectivity index (χ1v) is 4.53. The highest BCUT2D eigenvalue weighted by Gasteiger charge is 2.18. The van der Waals surface area contributed by atoms with Crippen LogP contribution in [-0.2, 0) is 0 Å². The summed E-state index contributed by atoms with van der Waals surface area (Å²) in [7, 11) is 1.29. The molecule has 1 unspecified atom stereocenters. The molecule has 0 saturated carbocycles. The van der Waals surface area contributed by atoms with Crippen LogP contribution in [0.15, 0.2) is 12.1 Å². The van der Waals surface area contributed by atoms with Crippen molar-refractivity contribution in [2.45, 2.75) is 6.10 Å². The van der Waals surface area contributed by atoms with Crippen molar-refractivity contribution in [2.24, 2.45) is 5.73 Å². The largest absolute Gasteiger partial charge is 0.507 e. The molecule has 0 aliphatic rings. The minimum absolute atomic E-state index is 0.0259. The number of ether oxygens (including phenoxy) is 1. The third-order valence-electron chi connectivity index (χ3n) is 2.16. The SMILES string of the molecule is COc1cc(O)c(C(O)CN)cc1C(=O)O. The monoisotopic (exact) mass is 227 g/mol. The zero-order valence-corrected chi connectivity index (χ0v) is 8.67. The van der Waals surface area contributed by atoms with Crippen LogP contribution in [0.5, 0.6) is 11.5 Å². The Hall–Kier alpha value is -1.79. The topological polar surface area (TPSA) is 113 Å². The lowest BCUT2D eigenvalue weighted by atomic mass is 10.0. The van der Waals surface area contributed by atoms with Gasteiger partial charge in [-0.05, 0) is 6.07 Å². The minimum atomic E-state index is -1.21. The fraction of sp³-hybridized carbons (Fsp3) is 0.300. The van der Waals surface area contributed by atoms with Gasteiger partial charge in [-0.25, -0.2) is 4.79 Å². The molecular formula is C10H13NO5. The van der Waals surface area contributed by atoms with E-state index in [1.165, 1.54) is 7.11 Å². The van der Waals surface area contributed by atoms with Crippen LogP contribution >= 0.6 is 0 Å². The van der Waals surface area contributed by atoms with E-state index in [4.69, 9.17) is 15.6 Å². The first kappa shape index (κ1) is 12.3. The molecule has 0 amide bonds. The van der Waals surface area contributed by atoms with Gasteiger partial charge in [0.2, 0.25) is 0 Å². The van der Waals surface area contributed by atoms with Crippen LogP contribution in [0.1, 0.15) is 22.0 Å². The van der Waals surface area contributed by atoms with Crippen LogP contribution in [0.25, 0.3) is 0 Å². The van der Waals surface area contributed by atoms with Crippen LogP contribution in [-0.4, -0.2) is 34.9 Å². The fourth-order valence-corrected chi connectivity index (χ4v) is 1.32. The quantitative estimate of drug-likeness (QED) is 0.579. The summed E-state index contributed by atoms with van der Waals surface area (Å²) in [6.45, 7) is -0.112. The molecule has 1 aromatic carbocycles. The summed E-state index contributed by atoms with van der Waals surface area (Å²) in [6, 6.07) is 2.28. The van der Waals surface area contributed by atoms with E-state index >= 15 is 0 Å². The van der Waals surface area contributed by atoms with E-state index < -0.39 is 12.1 Å². The van der Waals surface area contributed by atoms with Crippen LogP contribution in [0.3, 0.4) is 0 Å². The molecule has 16 heavy (non-hydrogen) atoms. The number of phenols is 1. The molecule has 0 aromatic heterocycles. The molecule has 0 fully saturated rings. The van der Waals surface area contributed by atoms with E-state index in [9.17, 15) is 15.0 Å². The highest BCUT2D eigenvalue weighted by atomic mass is 16.5. The molecule has 6 heteroatoms. The lowest BCUT2D eigenvalue weighted by molar-refractivity contribution is 0.0693. The Morgan fingerprint density at radius 2 is 2.19 bits per heavy atom. The van der Waals surface area contributed by atoms with Gasteiger partial charge in [0.25, 0.3) is 0 Å². The number of rotatable bonds is 4. The summed E-state index contributed by atoms with van der Waals surface area (Å²) in [5.74, 6) is -1.43. The van der Waals surface area contributed by atoms with Gasteiger partial charge < -0.3 is 25.8 Å². The third-order valence-corrected chi connectivity index (χ3v) is 2.16. The van der Waals surface area contributed by atoms with Gasteiger partial charge in [0.1, 0.15) is 17.1 Å². The number of methoxy groups -OCH3 is 1. The summed E-state index contributed by atoms with van der Waals surface area (Å²) in [4.78, 5) is 10.9. The van der Waals surface area contributed by atoms with Crippen LogP contribution < -0.4 is 10.5 Å². The Labute approximate surface area is 91.9 Å². The molecule has 0 spiro atoms. The maximum Gasteiger partial charge on any atom is 0.339 e. The Kier molecular flexibility index (Phi) is 3.70. The molecule has 0 bridgehead atoms. The van der Waals surface area contributed by atoms with Gasteiger partial charge in [-0.3, -0.25) is 0 Å². The number of carboxylic acids is 1. The normalized spacial score (nSPS) is 12.2. The smallest absolute Gasteiger partial charge is 0.339 e. The second-order valence-corrected chi connectivity index (χ2v) is 3.17. The van der Waals surface area contributed by atoms with E-state index in [-0.39, 0.29) is 29.2 Å². The number of carboxylic acid groups (broad SMARTS) is 1. The van der Waals surface area contributed by atoms with E-state index in [1.54, 1.807) is 0 Å². The van der Waals surface area contributed by atoms with Gasteiger partial charge in [-0.1, -0.05) is 0 Å². The molecule has 0 heterocycles. The first-order valence-electron chi connectivity index (χ1n) is 4.53. The number of aromatic carboxylic acids is 1.